The molecule has 0 aromatic heterocycles. The lowest BCUT2D eigenvalue weighted by Crippen LogP contribution is -2.04. The van der Waals surface area contributed by atoms with Gasteiger partial charge >= 0.3 is 0 Å². The van der Waals surface area contributed by atoms with Crippen LogP contribution in [0.2, 0.25) is 0 Å². The van der Waals surface area contributed by atoms with Crippen molar-refractivity contribution in [3.8, 4) is 0 Å². The van der Waals surface area contributed by atoms with Crippen molar-refractivity contribution in [1.29, 1.82) is 0 Å². The molecule has 0 unspecified atom stereocenters. The van der Waals surface area contributed by atoms with Gasteiger partial charge in [-0.1, -0.05) is 37.5 Å². The monoisotopic (exact) mass is 282 g/mol. The smallest absolute Gasteiger partial charge is 0.0630 e. The molecule has 2 heteroatoms. The molecule has 0 aromatic carbocycles. The summed E-state index contributed by atoms with van der Waals surface area (Å²) in [7, 11) is 0. The normalized spacial score (nSPS) is 15.8. The molecule has 0 radical (unpaired) electrons. The highest BCUT2D eigenvalue weighted by Crippen LogP contribution is 2.35. The fourth-order valence-electron chi connectivity index (χ4n) is 1.92. The van der Waals surface area contributed by atoms with E-state index in [2.05, 4.69) is 43.0 Å². The number of allylic oxidation sites excluding steroid dienone is 5. The highest BCUT2D eigenvalue weighted by atomic mass is 14.8. The summed E-state index contributed by atoms with van der Waals surface area (Å²) in [6, 6.07) is 0. The first kappa shape index (κ1) is 17.0. The van der Waals surface area contributed by atoms with Crippen LogP contribution < -0.4 is 5.32 Å². The van der Waals surface area contributed by atoms with Gasteiger partial charge < -0.3 is 5.32 Å². The van der Waals surface area contributed by atoms with E-state index in [1.807, 2.05) is 26.1 Å². The Morgan fingerprint density at radius 1 is 1.24 bits per heavy atom. The number of rotatable bonds is 8. The van der Waals surface area contributed by atoms with E-state index in [1.54, 1.807) is 12.3 Å². The molecule has 1 saturated carbocycles. The van der Waals surface area contributed by atoms with E-state index < -0.39 is 0 Å². The summed E-state index contributed by atoms with van der Waals surface area (Å²) in [6.07, 6.45) is 12.0. The minimum atomic E-state index is 0.693. The lowest BCUT2D eigenvalue weighted by Gasteiger charge is -2.08. The molecule has 0 aliphatic heterocycles. The van der Waals surface area contributed by atoms with Gasteiger partial charge in [0.1, 0.15) is 0 Å². The van der Waals surface area contributed by atoms with Crippen LogP contribution in [0.15, 0.2) is 77.3 Å². The minimum absolute atomic E-state index is 0.693. The first-order chi connectivity index (χ1) is 10.0. The Kier molecular flexibility index (Phi) is 6.67. The maximum absolute atomic E-state index is 4.50. The van der Waals surface area contributed by atoms with Crippen molar-refractivity contribution < 1.29 is 0 Å². The molecule has 112 valence electrons. The predicted molar refractivity (Wildman–Crippen MR) is 94.1 cm³/mol. The Labute approximate surface area is 129 Å². The molecule has 0 aromatic rings. The topological polar surface area (TPSA) is 24.4 Å². The maximum atomic E-state index is 4.50. The van der Waals surface area contributed by atoms with Crippen LogP contribution in [0.5, 0.6) is 0 Å². The second kappa shape index (κ2) is 8.25. The highest BCUT2D eigenvalue weighted by molar-refractivity contribution is 5.81. The maximum Gasteiger partial charge on any atom is 0.0630 e. The fraction of sp³-hybridized carbons (Fsp3) is 0.316. The Balaban J connectivity index is 2.90. The third-order valence-electron chi connectivity index (χ3n) is 3.40. The third kappa shape index (κ3) is 5.42. The highest BCUT2D eigenvalue weighted by Gasteiger charge is 2.24. The second-order valence-corrected chi connectivity index (χ2v) is 5.33. The van der Waals surface area contributed by atoms with Crippen molar-refractivity contribution in [1.82, 2.24) is 5.32 Å². The van der Waals surface area contributed by atoms with Gasteiger partial charge in [0.25, 0.3) is 0 Å². The van der Waals surface area contributed by atoms with E-state index in [0.717, 1.165) is 22.5 Å². The number of hydrogen-bond acceptors (Lipinski definition) is 2. The zero-order valence-electron chi connectivity index (χ0n) is 13.4. The van der Waals surface area contributed by atoms with E-state index in [1.165, 1.54) is 18.4 Å². The van der Waals surface area contributed by atoms with E-state index >= 15 is 0 Å². The van der Waals surface area contributed by atoms with Crippen molar-refractivity contribution in [2.45, 2.75) is 33.6 Å². The summed E-state index contributed by atoms with van der Waals surface area (Å²) < 4.78 is 0. The van der Waals surface area contributed by atoms with E-state index in [-0.39, 0.29) is 0 Å². The molecule has 0 atom stereocenters. The average Bonchev–Trinajstić information content (AvgIpc) is 3.28. The van der Waals surface area contributed by atoms with Crippen molar-refractivity contribution in [3.05, 3.63) is 72.3 Å². The van der Waals surface area contributed by atoms with Crippen LogP contribution in [0, 0.1) is 5.92 Å². The number of aliphatic imine (C=N–C) groups is 1. The largest absolute Gasteiger partial charge is 0.362 e. The first-order valence-electron chi connectivity index (χ1n) is 7.32. The Morgan fingerprint density at radius 3 is 2.33 bits per heavy atom. The molecule has 0 amide bonds. The van der Waals surface area contributed by atoms with Gasteiger partial charge in [-0.3, -0.25) is 4.99 Å². The van der Waals surface area contributed by atoms with Gasteiger partial charge in [0, 0.05) is 17.5 Å². The molecular weight excluding hydrogens is 256 g/mol. The summed E-state index contributed by atoms with van der Waals surface area (Å²) in [6.45, 7) is 17.7. The lowest BCUT2D eigenvalue weighted by molar-refractivity contribution is 1.06. The summed E-state index contributed by atoms with van der Waals surface area (Å²) in [5.74, 6) is 0.693. The van der Waals surface area contributed by atoms with E-state index in [9.17, 15) is 0 Å². The van der Waals surface area contributed by atoms with E-state index in [0.29, 0.717) is 5.92 Å². The van der Waals surface area contributed by atoms with Crippen molar-refractivity contribution in [3.63, 3.8) is 0 Å². The summed E-state index contributed by atoms with van der Waals surface area (Å²) in [4.78, 5) is 4.50. The van der Waals surface area contributed by atoms with Crippen LogP contribution in [0.4, 0.5) is 0 Å². The minimum Gasteiger partial charge on any atom is -0.362 e. The molecular formula is C19H26N2. The van der Waals surface area contributed by atoms with Crippen LogP contribution in [0.3, 0.4) is 0 Å². The molecule has 0 bridgehead atoms. The molecule has 21 heavy (non-hydrogen) atoms. The summed E-state index contributed by atoms with van der Waals surface area (Å²) in [5.41, 5.74) is 5.08. The molecule has 0 heterocycles. The predicted octanol–water partition coefficient (Wildman–Crippen LogP) is 5.07. The van der Waals surface area contributed by atoms with Crippen LogP contribution in [0.1, 0.15) is 33.6 Å². The van der Waals surface area contributed by atoms with Crippen molar-refractivity contribution in [2.24, 2.45) is 10.9 Å². The molecule has 0 saturated heterocycles. The van der Waals surface area contributed by atoms with Crippen LogP contribution in [-0.4, -0.2) is 6.21 Å². The molecule has 1 aliphatic rings. The number of hydrogen-bond donors (Lipinski definition) is 1. The van der Waals surface area contributed by atoms with Gasteiger partial charge in [-0.25, -0.2) is 0 Å². The van der Waals surface area contributed by atoms with Gasteiger partial charge in [-0.05, 0) is 57.4 Å². The third-order valence-corrected chi connectivity index (χ3v) is 3.40. The van der Waals surface area contributed by atoms with Crippen molar-refractivity contribution in [2.75, 3.05) is 0 Å². The molecule has 1 aliphatic carbocycles. The van der Waals surface area contributed by atoms with Gasteiger partial charge in [-0.2, -0.15) is 0 Å². The van der Waals surface area contributed by atoms with Crippen LogP contribution in [0.25, 0.3) is 0 Å². The molecule has 0 spiro atoms. The zero-order valence-corrected chi connectivity index (χ0v) is 13.4. The van der Waals surface area contributed by atoms with Gasteiger partial charge in [0.05, 0.1) is 5.70 Å². The Morgan fingerprint density at radius 2 is 1.90 bits per heavy atom. The quantitative estimate of drug-likeness (QED) is 0.488. The number of nitrogens with zero attached hydrogens (tertiary/aromatic N) is 1. The molecule has 2 nitrogen and oxygen atoms in total. The number of nitrogens with one attached hydrogen (secondary N) is 1. The van der Waals surface area contributed by atoms with Gasteiger partial charge in [-0.15, -0.1) is 0 Å². The zero-order chi connectivity index (χ0) is 15.8. The average molecular weight is 282 g/mol. The van der Waals surface area contributed by atoms with Gasteiger partial charge in [0.2, 0.25) is 0 Å². The van der Waals surface area contributed by atoms with Crippen molar-refractivity contribution >= 4 is 6.21 Å². The van der Waals surface area contributed by atoms with Crippen LogP contribution in [-0.2, 0) is 0 Å². The first-order valence-corrected chi connectivity index (χ1v) is 7.32. The SMILES string of the molecule is C=CNC(/C=C(\C=C)C(=C)N=C/C(=C\C)C1CC1)=C(C)C. The summed E-state index contributed by atoms with van der Waals surface area (Å²) >= 11 is 0. The van der Waals surface area contributed by atoms with Gasteiger partial charge in [0.15, 0.2) is 0 Å². The lowest BCUT2D eigenvalue weighted by atomic mass is 10.1. The van der Waals surface area contributed by atoms with E-state index in [4.69, 9.17) is 0 Å². The molecule has 1 N–H and O–H groups in total. The standard InChI is InChI=1S/C19H26N2/c1-7-16(12-19(14(4)5)20-9-3)15(6)21-13-17(8-2)18-10-11-18/h7-9,12-13,18,20H,1,3,6,10-11H2,2,4-5H3/b16-12+,17-8+,21-13?. The summed E-state index contributed by atoms with van der Waals surface area (Å²) in [5, 5.41) is 3.12. The van der Waals surface area contributed by atoms with Crippen LogP contribution >= 0.6 is 0 Å². The fourth-order valence-corrected chi connectivity index (χ4v) is 1.92. The Hall–Kier alpha value is -2.09. The second-order valence-electron chi connectivity index (χ2n) is 5.33. The Bertz CT molecular complexity index is 534. The molecule has 1 fully saturated rings. The molecule has 1 rings (SSSR count).